The number of hydrogen-bond donors (Lipinski definition) is 2. The van der Waals surface area contributed by atoms with E-state index in [2.05, 4.69) is 37.5 Å². The zero-order valence-corrected chi connectivity index (χ0v) is 12.3. The molecule has 1 aliphatic rings. The molecule has 0 saturated carbocycles. The lowest BCUT2D eigenvalue weighted by Gasteiger charge is -2.20. The Hall–Kier alpha value is -0.910. The van der Waals surface area contributed by atoms with Crippen LogP contribution < -0.4 is 11.3 Å². The average molecular weight is 282 g/mol. The van der Waals surface area contributed by atoms with Gasteiger partial charge in [-0.1, -0.05) is 18.2 Å². The molecule has 0 aliphatic carbocycles. The average Bonchev–Trinajstić information content (AvgIpc) is 2.69. The van der Waals surface area contributed by atoms with E-state index in [1.54, 1.807) is 0 Å². The van der Waals surface area contributed by atoms with Crippen molar-refractivity contribution >= 4 is 9.84 Å². The van der Waals surface area contributed by atoms with Crippen LogP contribution in [0.5, 0.6) is 0 Å². The summed E-state index contributed by atoms with van der Waals surface area (Å²) in [5.74, 6) is 6.48. The molecule has 0 bridgehead atoms. The highest BCUT2D eigenvalue weighted by Crippen LogP contribution is 2.29. The fourth-order valence-corrected chi connectivity index (χ4v) is 4.55. The second kappa shape index (κ2) is 5.61. The van der Waals surface area contributed by atoms with Crippen LogP contribution in [0.15, 0.2) is 18.2 Å². The molecule has 2 atom stereocenters. The number of benzene rings is 1. The Morgan fingerprint density at radius 2 is 2.11 bits per heavy atom. The molecule has 1 aliphatic heterocycles. The predicted octanol–water partition coefficient (Wildman–Crippen LogP) is 1.63. The van der Waals surface area contributed by atoms with E-state index in [0.717, 1.165) is 18.4 Å². The van der Waals surface area contributed by atoms with Crippen molar-refractivity contribution in [3.05, 3.63) is 34.9 Å². The summed E-state index contributed by atoms with van der Waals surface area (Å²) in [5, 5.41) is 0. The number of hydrogen-bond acceptors (Lipinski definition) is 4. The molecule has 1 fully saturated rings. The van der Waals surface area contributed by atoms with Crippen molar-refractivity contribution in [1.82, 2.24) is 5.43 Å². The van der Waals surface area contributed by atoms with Gasteiger partial charge in [0.25, 0.3) is 0 Å². The van der Waals surface area contributed by atoms with E-state index in [9.17, 15) is 8.42 Å². The second-order valence-electron chi connectivity index (χ2n) is 5.57. The molecule has 19 heavy (non-hydrogen) atoms. The Morgan fingerprint density at radius 1 is 1.37 bits per heavy atom. The minimum Gasteiger partial charge on any atom is -0.271 e. The molecule has 2 unspecified atom stereocenters. The number of nitrogens with one attached hydrogen (secondary N) is 1. The van der Waals surface area contributed by atoms with Crippen LogP contribution in [0, 0.1) is 19.8 Å². The number of aryl methyl sites for hydroxylation is 2. The van der Waals surface area contributed by atoms with Gasteiger partial charge >= 0.3 is 0 Å². The molecule has 1 aromatic rings. The third kappa shape index (κ3) is 3.55. The summed E-state index contributed by atoms with van der Waals surface area (Å²) in [7, 11) is -2.81. The molecule has 0 spiro atoms. The van der Waals surface area contributed by atoms with Gasteiger partial charge in [-0.15, -0.1) is 0 Å². The minimum absolute atomic E-state index is 0.0256. The maximum atomic E-state index is 11.5. The van der Waals surface area contributed by atoms with Crippen molar-refractivity contribution in [3.8, 4) is 0 Å². The molecule has 2 rings (SSSR count). The van der Waals surface area contributed by atoms with E-state index in [4.69, 9.17) is 5.84 Å². The predicted molar refractivity (Wildman–Crippen MR) is 77.4 cm³/mol. The van der Waals surface area contributed by atoms with Crippen molar-refractivity contribution in [3.63, 3.8) is 0 Å². The second-order valence-corrected chi connectivity index (χ2v) is 7.80. The molecule has 1 heterocycles. The first-order chi connectivity index (χ1) is 8.91. The zero-order valence-electron chi connectivity index (χ0n) is 11.5. The summed E-state index contributed by atoms with van der Waals surface area (Å²) < 4.78 is 23.0. The van der Waals surface area contributed by atoms with Crippen molar-refractivity contribution in [2.24, 2.45) is 11.8 Å². The summed E-state index contributed by atoms with van der Waals surface area (Å²) in [5.41, 5.74) is 6.44. The molecule has 3 N–H and O–H groups in total. The Labute approximate surface area is 115 Å². The highest BCUT2D eigenvalue weighted by Gasteiger charge is 2.29. The fourth-order valence-electron chi connectivity index (χ4n) is 2.67. The topological polar surface area (TPSA) is 72.2 Å². The smallest absolute Gasteiger partial charge is 0.150 e. The summed E-state index contributed by atoms with van der Waals surface area (Å²) >= 11 is 0. The minimum atomic E-state index is -2.81. The first-order valence-corrected chi connectivity index (χ1v) is 8.47. The summed E-state index contributed by atoms with van der Waals surface area (Å²) in [6, 6.07) is 6.30. The summed E-state index contributed by atoms with van der Waals surface area (Å²) in [4.78, 5) is 0. The van der Waals surface area contributed by atoms with Crippen molar-refractivity contribution in [1.29, 1.82) is 0 Å². The molecule has 106 valence electrons. The molecule has 0 amide bonds. The van der Waals surface area contributed by atoms with Crippen LogP contribution in [-0.2, 0) is 9.84 Å². The molecule has 5 heteroatoms. The Bertz CT molecular complexity index is 555. The van der Waals surface area contributed by atoms with Crippen LogP contribution in [0.2, 0.25) is 0 Å². The molecular weight excluding hydrogens is 260 g/mol. The number of rotatable bonds is 4. The van der Waals surface area contributed by atoms with Crippen LogP contribution in [-0.4, -0.2) is 19.9 Å². The highest BCUT2D eigenvalue weighted by molar-refractivity contribution is 7.91. The van der Waals surface area contributed by atoms with Crippen LogP contribution in [0.4, 0.5) is 0 Å². The van der Waals surface area contributed by atoms with E-state index >= 15 is 0 Å². The fraction of sp³-hybridized carbons (Fsp3) is 0.571. The van der Waals surface area contributed by atoms with Crippen LogP contribution >= 0.6 is 0 Å². The normalized spacial score (nSPS) is 23.4. The van der Waals surface area contributed by atoms with Gasteiger partial charge in [-0.3, -0.25) is 11.3 Å². The molecule has 1 aromatic carbocycles. The van der Waals surface area contributed by atoms with Crippen LogP contribution in [0.25, 0.3) is 0 Å². The Morgan fingerprint density at radius 3 is 2.63 bits per heavy atom. The Balaban J connectivity index is 2.10. The van der Waals surface area contributed by atoms with Crippen LogP contribution in [0.1, 0.15) is 35.6 Å². The SMILES string of the molecule is Cc1ccc(C(CC2CCS(=O)(=O)C2)NN)cc1C. The molecule has 4 nitrogen and oxygen atoms in total. The van der Waals surface area contributed by atoms with Crippen molar-refractivity contribution in [2.75, 3.05) is 11.5 Å². The molecule has 0 radical (unpaired) electrons. The third-order valence-electron chi connectivity index (χ3n) is 4.03. The van der Waals surface area contributed by atoms with E-state index < -0.39 is 9.84 Å². The standard InChI is InChI=1S/C14H22N2O2S/c1-10-3-4-13(7-11(10)2)14(16-15)8-12-5-6-19(17,18)9-12/h3-4,7,12,14,16H,5-6,8-9,15H2,1-2H3. The van der Waals surface area contributed by atoms with Gasteiger partial charge in [0, 0.05) is 6.04 Å². The Kier molecular flexibility index (Phi) is 4.28. The van der Waals surface area contributed by atoms with E-state index in [-0.39, 0.29) is 12.0 Å². The maximum absolute atomic E-state index is 11.5. The van der Waals surface area contributed by atoms with Crippen molar-refractivity contribution in [2.45, 2.75) is 32.7 Å². The van der Waals surface area contributed by atoms with Gasteiger partial charge in [-0.05, 0) is 49.3 Å². The highest BCUT2D eigenvalue weighted by atomic mass is 32.2. The van der Waals surface area contributed by atoms with Gasteiger partial charge in [0.1, 0.15) is 0 Å². The first-order valence-electron chi connectivity index (χ1n) is 6.65. The molecule has 0 aromatic heterocycles. The van der Waals surface area contributed by atoms with Gasteiger partial charge in [-0.25, -0.2) is 8.42 Å². The lowest BCUT2D eigenvalue weighted by molar-refractivity contribution is 0.421. The number of sulfone groups is 1. The van der Waals surface area contributed by atoms with E-state index in [1.807, 2.05) is 0 Å². The third-order valence-corrected chi connectivity index (χ3v) is 5.87. The lowest BCUT2D eigenvalue weighted by Crippen LogP contribution is -2.30. The maximum Gasteiger partial charge on any atom is 0.150 e. The quantitative estimate of drug-likeness (QED) is 0.650. The van der Waals surface area contributed by atoms with Gasteiger partial charge in [-0.2, -0.15) is 0 Å². The van der Waals surface area contributed by atoms with Crippen LogP contribution in [0.3, 0.4) is 0 Å². The van der Waals surface area contributed by atoms with Gasteiger partial charge < -0.3 is 0 Å². The summed E-state index contributed by atoms with van der Waals surface area (Å²) in [6.07, 6.45) is 1.53. The van der Waals surface area contributed by atoms with Gasteiger partial charge in [0.2, 0.25) is 0 Å². The summed E-state index contributed by atoms with van der Waals surface area (Å²) in [6.45, 7) is 4.15. The van der Waals surface area contributed by atoms with Gasteiger partial charge in [0.05, 0.1) is 11.5 Å². The van der Waals surface area contributed by atoms with Gasteiger partial charge in [0.15, 0.2) is 9.84 Å². The number of nitrogens with two attached hydrogens (primary N) is 1. The van der Waals surface area contributed by atoms with Crippen molar-refractivity contribution < 1.29 is 8.42 Å². The first kappa shape index (κ1) is 14.5. The largest absolute Gasteiger partial charge is 0.271 e. The lowest BCUT2D eigenvalue weighted by atomic mass is 9.93. The zero-order chi connectivity index (χ0) is 14.0. The van der Waals surface area contributed by atoms with E-state index in [0.29, 0.717) is 11.5 Å². The monoisotopic (exact) mass is 282 g/mol. The molecular formula is C14H22N2O2S. The molecule has 1 saturated heterocycles. The van der Waals surface area contributed by atoms with E-state index in [1.165, 1.54) is 11.1 Å². The number of hydrazine groups is 1.